The maximum atomic E-state index is 13.4. The highest BCUT2D eigenvalue weighted by Crippen LogP contribution is 2.27. The lowest BCUT2D eigenvalue weighted by Crippen LogP contribution is -2.42. The Kier molecular flexibility index (Phi) is 8.15. The number of aryl methyl sites for hydroxylation is 1. The molecule has 0 radical (unpaired) electrons. The molecule has 1 atom stereocenters. The zero-order valence-electron chi connectivity index (χ0n) is 18.8. The van der Waals surface area contributed by atoms with Crippen LogP contribution >= 0.6 is 15.9 Å². The van der Waals surface area contributed by atoms with Gasteiger partial charge in [-0.25, -0.2) is 8.42 Å². The van der Waals surface area contributed by atoms with E-state index in [9.17, 15) is 13.2 Å². The number of hydrogen-bond donors (Lipinski definition) is 1. The van der Waals surface area contributed by atoms with Crippen molar-refractivity contribution in [1.82, 2.24) is 5.32 Å². The van der Waals surface area contributed by atoms with Crippen LogP contribution in [0.25, 0.3) is 0 Å². The molecule has 3 rings (SSSR count). The van der Waals surface area contributed by atoms with Crippen LogP contribution in [0.15, 0.2) is 82.2 Å². The summed E-state index contributed by atoms with van der Waals surface area (Å²) in [4.78, 5) is 13.2. The first-order valence-electron chi connectivity index (χ1n) is 10.5. The average Bonchev–Trinajstić information content (AvgIpc) is 2.82. The molecule has 0 aliphatic heterocycles. The van der Waals surface area contributed by atoms with E-state index in [4.69, 9.17) is 4.74 Å². The van der Waals surface area contributed by atoms with E-state index in [1.165, 1.54) is 12.1 Å². The maximum absolute atomic E-state index is 13.4. The third kappa shape index (κ3) is 5.94. The monoisotopic (exact) mass is 530 g/mol. The van der Waals surface area contributed by atoms with E-state index in [1.807, 2.05) is 32.0 Å². The summed E-state index contributed by atoms with van der Waals surface area (Å²) in [5, 5.41) is 2.99. The van der Waals surface area contributed by atoms with Crippen LogP contribution < -0.4 is 14.4 Å². The fraction of sp³-hybridized carbons (Fsp3) is 0.240. The number of methoxy groups -OCH3 is 1. The van der Waals surface area contributed by atoms with Gasteiger partial charge in [0, 0.05) is 4.47 Å². The van der Waals surface area contributed by atoms with Crippen molar-refractivity contribution in [3.05, 3.63) is 88.4 Å². The number of sulfonamides is 1. The number of halogens is 1. The predicted octanol–water partition coefficient (Wildman–Crippen LogP) is 5.23. The van der Waals surface area contributed by atoms with Gasteiger partial charge in [0.15, 0.2) is 0 Å². The Morgan fingerprint density at radius 1 is 1.06 bits per heavy atom. The number of anilines is 1. The Hall–Kier alpha value is -2.84. The molecule has 1 amide bonds. The van der Waals surface area contributed by atoms with Crippen LogP contribution in [0.5, 0.6) is 5.75 Å². The minimum absolute atomic E-state index is 0.124. The van der Waals surface area contributed by atoms with E-state index in [2.05, 4.69) is 21.2 Å². The molecular weight excluding hydrogens is 504 g/mol. The third-order valence-corrected chi connectivity index (χ3v) is 7.61. The molecule has 0 aliphatic rings. The lowest BCUT2D eigenvalue weighted by molar-refractivity contribution is -0.120. The van der Waals surface area contributed by atoms with E-state index in [0.29, 0.717) is 12.1 Å². The number of rotatable bonds is 9. The second kappa shape index (κ2) is 10.9. The van der Waals surface area contributed by atoms with Gasteiger partial charge in [0.25, 0.3) is 10.0 Å². The van der Waals surface area contributed by atoms with Crippen LogP contribution in [-0.2, 0) is 14.8 Å². The zero-order chi connectivity index (χ0) is 24.0. The minimum atomic E-state index is -3.94. The van der Waals surface area contributed by atoms with E-state index in [1.54, 1.807) is 49.6 Å². The first-order chi connectivity index (χ1) is 15.8. The zero-order valence-corrected chi connectivity index (χ0v) is 21.2. The molecule has 0 spiro atoms. The summed E-state index contributed by atoms with van der Waals surface area (Å²) in [7, 11) is -2.33. The summed E-state index contributed by atoms with van der Waals surface area (Å²) in [5.74, 6) is 0.382. The Morgan fingerprint density at radius 3 is 2.30 bits per heavy atom. The normalized spacial score (nSPS) is 12.1. The average molecular weight is 531 g/mol. The number of benzene rings is 3. The summed E-state index contributed by atoms with van der Waals surface area (Å²) in [5.41, 5.74) is 2.31. The summed E-state index contributed by atoms with van der Waals surface area (Å²) < 4.78 is 34.1. The molecule has 174 valence electrons. The van der Waals surface area contributed by atoms with Crippen molar-refractivity contribution < 1.29 is 17.9 Å². The van der Waals surface area contributed by atoms with E-state index in [-0.39, 0.29) is 17.5 Å². The van der Waals surface area contributed by atoms with Crippen LogP contribution in [-0.4, -0.2) is 28.0 Å². The lowest BCUT2D eigenvalue weighted by Gasteiger charge is -2.26. The highest BCUT2D eigenvalue weighted by atomic mass is 79.9. The van der Waals surface area contributed by atoms with Crippen LogP contribution in [0.2, 0.25) is 0 Å². The van der Waals surface area contributed by atoms with Gasteiger partial charge in [0.2, 0.25) is 5.91 Å². The molecule has 0 saturated carbocycles. The second-order valence-corrected chi connectivity index (χ2v) is 10.3. The quantitative estimate of drug-likeness (QED) is 0.411. The molecule has 0 aromatic heterocycles. The Balaban J connectivity index is 1.88. The molecule has 8 heteroatoms. The molecule has 0 bridgehead atoms. The molecule has 3 aromatic rings. The number of hydrogen-bond acceptors (Lipinski definition) is 4. The highest BCUT2D eigenvalue weighted by molar-refractivity contribution is 9.10. The first-order valence-corrected chi connectivity index (χ1v) is 12.8. The number of amides is 1. The van der Waals surface area contributed by atoms with Crippen LogP contribution in [0.4, 0.5) is 5.69 Å². The molecule has 1 unspecified atom stereocenters. The van der Waals surface area contributed by atoms with Crippen molar-refractivity contribution >= 4 is 37.5 Å². The fourth-order valence-corrected chi connectivity index (χ4v) is 5.26. The molecule has 0 saturated heterocycles. The van der Waals surface area contributed by atoms with Gasteiger partial charge < -0.3 is 10.1 Å². The van der Waals surface area contributed by atoms with Crippen molar-refractivity contribution in [2.24, 2.45) is 0 Å². The van der Waals surface area contributed by atoms with Crippen molar-refractivity contribution in [2.45, 2.75) is 31.2 Å². The van der Waals surface area contributed by atoms with E-state index < -0.39 is 15.9 Å². The van der Waals surface area contributed by atoms with Gasteiger partial charge in [-0.15, -0.1) is 0 Å². The largest absolute Gasteiger partial charge is 0.496 e. The van der Waals surface area contributed by atoms with Gasteiger partial charge in [0.1, 0.15) is 12.3 Å². The second-order valence-electron chi connectivity index (χ2n) is 7.56. The van der Waals surface area contributed by atoms with Crippen LogP contribution in [0.3, 0.4) is 0 Å². The van der Waals surface area contributed by atoms with Crippen LogP contribution in [0, 0.1) is 6.92 Å². The number of ether oxygens (including phenoxy) is 1. The van der Waals surface area contributed by atoms with Crippen LogP contribution in [0.1, 0.15) is 30.5 Å². The summed E-state index contributed by atoms with van der Waals surface area (Å²) in [6, 6.07) is 20.4. The molecule has 0 fully saturated rings. The number of nitrogens with zero attached hydrogens (tertiary/aromatic N) is 1. The molecular formula is C25H27BrN2O4S. The molecule has 6 nitrogen and oxygen atoms in total. The van der Waals surface area contributed by atoms with Gasteiger partial charge in [-0.1, -0.05) is 53.2 Å². The smallest absolute Gasteiger partial charge is 0.264 e. The number of carbonyl (C=O) groups is 1. The predicted molar refractivity (Wildman–Crippen MR) is 134 cm³/mol. The summed E-state index contributed by atoms with van der Waals surface area (Å²) in [6.45, 7) is 3.57. The molecule has 33 heavy (non-hydrogen) atoms. The summed E-state index contributed by atoms with van der Waals surface area (Å²) >= 11 is 3.37. The SMILES string of the molecule is CCC(NC(=O)CN(c1ccc(Br)cc1)S(=O)(=O)c1ccccc1)c1ccc(OC)c(C)c1. The first kappa shape index (κ1) is 24.8. The molecule has 0 heterocycles. The van der Waals surface area contributed by atoms with Gasteiger partial charge in [0.05, 0.1) is 23.7 Å². The number of nitrogens with one attached hydrogen (secondary N) is 1. The van der Waals surface area contributed by atoms with Crippen molar-refractivity contribution in [3.8, 4) is 5.75 Å². The lowest BCUT2D eigenvalue weighted by atomic mass is 10.0. The number of carbonyl (C=O) groups excluding carboxylic acids is 1. The highest BCUT2D eigenvalue weighted by Gasteiger charge is 2.28. The van der Waals surface area contributed by atoms with Crippen molar-refractivity contribution in [1.29, 1.82) is 0 Å². The van der Waals surface area contributed by atoms with E-state index in [0.717, 1.165) is 25.7 Å². The maximum Gasteiger partial charge on any atom is 0.264 e. The minimum Gasteiger partial charge on any atom is -0.496 e. The van der Waals surface area contributed by atoms with Crippen molar-refractivity contribution in [2.75, 3.05) is 18.0 Å². The Labute approximate surface area is 203 Å². The Bertz CT molecular complexity index is 1200. The van der Waals surface area contributed by atoms with Gasteiger partial charge >= 0.3 is 0 Å². The fourth-order valence-electron chi connectivity index (χ4n) is 3.55. The summed E-state index contributed by atoms with van der Waals surface area (Å²) in [6.07, 6.45) is 0.654. The molecule has 3 aromatic carbocycles. The topological polar surface area (TPSA) is 75.7 Å². The molecule has 1 N–H and O–H groups in total. The van der Waals surface area contributed by atoms with Crippen molar-refractivity contribution in [3.63, 3.8) is 0 Å². The standard InChI is InChI=1S/C25H27BrN2O4S/c1-4-23(19-10-15-24(32-3)18(2)16-19)27-25(29)17-28(21-13-11-20(26)12-14-21)33(30,31)22-8-6-5-7-9-22/h5-16,23H,4,17H2,1-3H3,(H,27,29). The third-order valence-electron chi connectivity index (χ3n) is 5.30. The van der Waals surface area contributed by atoms with Gasteiger partial charge in [-0.05, 0) is 66.9 Å². The van der Waals surface area contributed by atoms with E-state index >= 15 is 0 Å². The Morgan fingerprint density at radius 2 is 1.73 bits per heavy atom. The van der Waals surface area contributed by atoms with Gasteiger partial charge in [-0.2, -0.15) is 0 Å². The molecule has 0 aliphatic carbocycles. The van der Waals surface area contributed by atoms with Gasteiger partial charge in [-0.3, -0.25) is 9.10 Å².